The third-order valence-electron chi connectivity index (χ3n) is 4.36. The van der Waals surface area contributed by atoms with Gasteiger partial charge in [0.15, 0.2) is 5.78 Å². The summed E-state index contributed by atoms with van der Waals surface area (Å²) in [6, 6.07) is 15.9. The Kier molecular flexibility index (Phi) is 5.51. The van der Waals surface area contributed by atoms with Gasteiger partial charge in [-0.05, 0) is 48.0 Å². The van der Waals surface area contributed by atoms with Crippen LogP contribution in [-0.4, -0.2) is 46.2 Å². The van der Waals surface area contributed by atoms with Crippen molar-refractivity contribution in [2.45, 2.75) is 0 Å². The topological polar surface area (TPSA) is 32.8 Å². The van der Waals surface area contributed by atoms with Gasteiger partial charge in [0, 0.05) is 44.1 Å². The second-order valence-corrected chi connectivity index (χ2v) is 6.33. The van der Waals surface area contributed by atoms with Gasteiger partial charge in [-0.1, -0.05) is 18.2 Å². The van der Waals surface area contributed by atoms with Crippen LogP contribution in [-0.2, 0) is 4.74 Å². The number of anilines is 2. The van der Waals surface area contributed by atoms with Gasteiger partial charge in [0.05, 0.1) is 13.2 Å². The summed E-state index contributed by atoms with van der Waals surface area (Å²) < 4.78 is 5.38. The lowest BCUT2D eigenvalue weighted by atomic mass is 10.1. The summed E-state index contributed by atoms with van der Waals surface area (Å²) in [5, 5.41) is 0. The van der Waals surface area contributed by atoms with E-state index in [1.807, 2.05) is 61.5 Å². The van der Waals surface area contributed by atoms with Crippen LogP contribution in [0.5, 0.6) is 0 Å². The Bertz CT molecular complexity index is 727. The van der Waals surface area contributed by atoms with Crippen molar-refractivity contribution in [2.24, 2.45) is 0 Å². The first-order chi connectivity index (χ1) is 12.1. The van der Waals surface area contributed by atoms with Gasteiger partial charge in [0.25, 0.3) is 0 Å². The zero-order valence-corrected chi connectivity index (χ0v) is 14.8. The highest BCUT2D eigenvalue weighted by Gasteiger charge is 2.10. The summed E-state index contributed by atoms with van der Waals surface area (Å²) in [7, 11) is 3.97. The van der Waals surface area contributed by atoms with Crippen LogP contribution in [0.1, 0.15) is 15.9 Å². The summed E-state index contributed by atoms with van der Waals surface area (Å²) in [4.78, 5) is 16.6. The van der Waals surface area contributed by atoms with E-state index in [9.17, 15) is 4.79 Å². The number of morpholine rings is 1. The molecule has 2 aromatic rings. The number of ketones is 1. The van der Waals surface area contributed by atoms with Crippen LogP contribution < -0.4 is 9.80 Å². The fraction of sp³-hybridized carbons (Fsp3) is 0.286. The molecule has 4 heteroatoms. The molecule has 25 heavy (non-hydrogen) atoms. The zero-order valence-electron chi connectivity index (χ0n) is 14.8. The van der Waals surface area contributed by atoms with E-state index in [4.69, 9.17) is 4.74 Å². The van der Waals surface area contributed by atoms with Crippen LogP contribution in [0, 0.1) is 0 Å². The van der Waals surface area contributed by atoms with E-state index in [-0.39, 0.29) is 5.78 Å². The first kappa shape index (κ1) is 17.2. The van der Waals surface area contributed by atoms with Crippen molar-refractivity contribution in [3.8, 4) is 0 Å². The molecule has 0 saturated carbocycles. The Morgan fingerprint density at radius 3 is 2.24 bits per heavy atom. The molecule has 1 aliphatic heterocycles. The molecule has 0 radical (unpaired) electrons. The van der Waals surface area contributed by atoms with E-state index in [2.05, 4.69) is 17.0 Å². The monoisotopic (exact) mass is 336 g/mol. The van der Waals surface area contributed by atoms with E-state index >= 15 is 0 Å². The molecule has 4 nitrogen and oxygen atoms in total. The van der Waals surface area contributed by atoms with Gasteiger partial charge >= 0.3 is 0 Å². The largest absolute Gasteiger partial charge is 0.378 e. The molecule has 0 aromatic heterocycles. The van der Waals surface area contributed by atoms with E-state index in [0.717, 1.165) is 37.6 Å². The maximum atomic E-state index is 12.3. The average molecular weight is 336 g/mol. The van der Waals surface area contributed by atoms with E-state index < -0.39 is 0 Å². The average Bonchev–Trinajstić information content (AvgIpc) is 2.67. The van der Waals surface area contributed by atoms with E-state index in [0.29, 0.717) is 5.56 Å². The van der Waals surface area contributed by atoms with E-state index in [1.54, 1.807) is 6.08 Å². The first-order valence-electron chi connectivity index (χ1n) is 8.56. The predicted molar refractivity (Wildman–Crippen MR) is 104 cm³/mol. The first-order valence-corrected chi connectivity index (χ1v) is 8.56. The van der Waals surface area contributed by atoms with Gasteiger partial charge in [-0.3, -0.25) is 4.79 Å². The minimum atomic E-state index is 0.0163. The molecule has 2 aromatic carbocycles. The molecule has 1 fully saturated rings. The molecule has 3 rings (SSSR count). The molecule has 0 unspecified atom stereocenters. The Labute approximate surface area is 149 Å². The Balaban J connectivity index is 1.63. The van der Waals surface area contributed by atoms with Crippen molar-refractivity contribution in [1.29, 1.82) is 0 Å². The molecule has 0 bridgehead atoms. The highest BCUT2D eigenvalue weighted by molar-refractivity contribution is 6.07. The molecule has 0 aliphatic carbocycles. The van der Waals surface area contributed by atoms with Crippen molar-refractivity contribution < 1.29 is 9.53 Å². The second-order valence-electron chi connectivity index (χ2n) is 6.33. The standard InChI is InChI=1S/C21H24N2O2/c1-22(2)19-10-6-18(7-11-19)21(24)12-5-17-3-8-20(9-4-17)23-13-15-25-16-14-23/h3-12H,13-16H2,1-2H3/b12-5+. The molecular formula is C21H24N2O2. The van der Waals surface area contributed by atoms with Crippen molar-refractivity contribution in [3.05, 3.63) is 65.7 Å². The highest BCUT2D eigenvalue weighted by atomic mass is 16.5. The summed E-state index contributed by atoms with van der Waals surface area (Å²) >= 11 is 0. The lowest BCUT2D eigenvalue weighted by Crippen LogP contribution is -2.36. The van der Waals surface area contributed by atoms with E-state index in [1.165, 1.54) is 5.69 Å². The number of hydrogen-bond acceptors (Lipinski definition) is 4. The molecule has 1 heterocycles. The molecular weight excluding hydrogens is 312 g/mol. The van der Waals surface area contributed by atoms with Crippen LogP contribution in [0.15, 0.2) is 54.6 Å². The lowest BCUT2D eigenvalue weighted by Gasteiger charge is -2.28. The number of carbonyl (C=O) groups is 1. The molecule has 130 valence electrons. The Morgan fingerprint density at radius 2 is 1.64 bits per heavy atom. The summed E-state index contributed by atoms with van der Waals surface area (Å²) in [5.74, 6) is 0.0163. The summed E-state index contributed by atoms with van der Waals surface area (Å²) in [5.41, 5.74) is 4.01. The van der Waals surface area contributed by atoms with Crippen LogP contribution in [0.2, 0.25) is 0 Å². The third kappa shape index (κ3) is 4.48. The maximum Gasteiger partial charge on any atom is 0.185 e. The Morgan fingerprint density at radius 1 is 1.00 bits per heavy atom. The maximum absolute atomic E-state index is 12.3. The Hall–Kier alpha value is -2.59. The van der Waals surface area contributed by atoms with Gasteiger partial charge in [0.2, 0.25) is 0 Å². The minimum absolute atomic E-state index is 0.0163. The van der Waals surface area contributed by atoms with Gasteiger partial charge < -0.3 is 14.5 Å². The molecule has 0 amide bonds. The number of benzene rings is 2. The SMILES string of the molecule is CN(C)c1ccc(C(=O)/C=C/c2ccc(N3CCOCC3)cc2)cc1. The lowest BCUT2D eigenvalue weighted by molar-refractivity contribution is 0.104. The number of allylic oxidation sites excluding steroid dienone is 1. The number of rotatable bonds is 5. The molecule has 0 atom stereocenters. The van der Waals surface area contributed by atoms with Crippen molar-refractivity contribution in [3.63, 3.8) is 0 Å². The van der Waals surface area contributed by atoms with Crippen molar-refractivity contribution in [2.75, 3.05) is 50.2 Å². The van der Waals surface area contributed by atoms with Gasteiger partial charge in [-0.2, -0.15) is 0 Å². The molecule has 0 spiro atoms. The molecule has 1 aliphatic rings. The zero-order chi connectivity index (χ0) is 17.6. The van der Waals surface area contributed by atoms with Gasteiger partial charge in [-0.25, -0.2) is 0 Å². The van der Waals surface area contributed by atoms with Gasteiger partial charge in [-0.15, -0.1) is 0 Å². The quantitative estimate of drug-likeness (QED) is 0.618. The number of carbonyl (C=O) groups excluding carboxylic acids is 1. The van der Waals surface area contributed by atoms with Crippen LogP contribution in [0.25, 0.3) is 6.08 Å². The smallest absolute Gasteiger partial charge is 0.185 e. The summed E-state index contributed by atoms with van der Waals surface area (Å²) in [6.45, 7) is 3.42. The molecule has 0 N–H and O–H groups in total. The third-order valence-corrected chi connectivity index (χ3v) is 4.36. The number of hydrogen-bond donors (Lipinski definition) is 0. The van der Waals surface area contributed by atoms with Crippen LogP contribution in [0.3, 0.4) is 0 Å². The fourth-order valence-electron chi connectivity index (χ4n) is 2.81. The minimum Gasteiger partial charge on any atom is -0.378 e. The second kappa shape index (κ2) is 7.99. The number of ether oxygens (including phenoxy) is 1. The van der Waals surface area contributed by atoms with Crippen LogP contribution in [0.4, 0.5) is 11.4 Å². The fourth-order valence-corrected chi connectivity index (χ4v) is 2.81. The summed E-state index contributed by atoms with van der Waals surface area (Å²) in [6.07, 6.45) is 3.50. The van der Waals surface area contributed by atoms with Crippen LogP contribution >= 0.6 is 0 Å². The van der Waals surface area contributed by atoms with Crippen molar-refractivity contribution >= 4 is 23.2 Å². The number of nitrogens with zero attached hydrogens (tertiary/aromatic N) is 2. The van der Waals surface area contributed by atoms with Crippen molar-refractivity contribution in [1.82, 2.24) is 0 Å². The van der Waals surface area contributed by atoms with Gasteiger partial charge in [0.1, 0.15) is 0 Å². The normalized spacial score (nSPS) is 14.7. The predicted octanol–water partition coefficient (Wildman–Crippen LogP) is 3.49. The highest BCUT2D eigenvalue weighted by Crippen LogP contribution is 2.18. The molecule has 1 saturated heterocycles.